The molecule has 5 nitrogen and oxygen atoms in total. The van der Waals surface area contributed by atoms with E-state index in [9.17, 15) is 13.0 Å². The second-order valence-corrected chi connectivity index (χ2v) is 9.52. The van der Waals surface area contributed by atoms with E-state index in [1.165, 1.54) is 0 Å². The highest BCUT2D eigenvalue weighted by molar-refractivity contribution is 7.99. The molecule has 1 aliphatic rings. The molecule has 1 atom stereocenters. The van der Waals surface area contributed by atoms with Crippen LogP contribution in [0.1, 0.15) is 25.8 Å². The van der Waals surface area contributed by atoms with Crippen molar-refractivity contribution in [3.05, 3.63) is 66.4 Å². The zero-order valence-corrected chi connectivity index (χ0v) is 17.9. The average molecular weight is 427 g/mol. The number of nitrogens with zero attached hydrogens (tertiary/aromatic N) is 2. The number of hydrogen-bond donors (Lipinski definition) is 1. The van der Waals surface area contributed by atoms with Crippen molar-refractivity contribution in [2.75, 3.05) is 4.90 Å². The molecule has 0 spiro atoms. The normalized spacial score (nSPS) is 14.2. The maximum atomic E-state index is 12.2. The standard InChI is InChI=1S/C22H22N2O3S2/c1-3-15-8-7-13-23-22(15)16-11-12-20-18(14-16)24(21(4-2)29(25,26)27)17-9-5-6-10-19(17)28-20/h5-14,21H,3-4H2,1-2H3,(H,25,26,27). The summed E-state index contributed by atoms with van der Waals surface area (Å²) >= 11 is 1.60. The van der Waals surface area contributed by atoms with Gasteiger partial charge in [0.25, 0.3) is 10.1 Å². The number of aryl methyl sites for hydroxylation is 1. The van der Waals surface area contributed by atoms with Gasteiger partial charge in [0.2, 0.25) is 0 Å². The fourth-order valence-electron chi connectivity index (χ4n) is 3.75. The van der Waals surface area contributed by atoms with Gasteiger partial charge in [0.15, 0.2) is 5.37 Å². The Bertz CT molecular complexity index is 1160. The van der Waals surface area contributed by atoms with Gasteiger partial charge in [-0.15, -0.1) is 0 Å². The highest BCUT2D eigenvalue weighted by atomic mass is 32.2. The lowest BCUT2D eigenvalue weighted by Gasteiger charge is -2.37. The Morgan fingerprint density at radius 3 is 2.52 bits per heavy atom. The molecule has 1 unspecified atom stereocenters. The minimum atomic E-state index is -4.29. The maximum Gasteiger partial charge on any atom is 0.286 e. The number of rotatable bonds is 5. The van der Waals surface area contributed by atoms with E-state index >= 15 is 0 Å². The van der Waals surface area contributed by atoms with Crippen LogP contribution >= 0.6 is 11.8 Å². The third-order valence-corrected chi connectivity index (χ3v) is 7.45. The third kappa shape index (κ3) is 3.66. The Morgan fingerprint density at radius 1 is 1.03 bits per heavy atom. The number of anilines is 2. The second kappa shape index (κ2) is 7.82. The third-order valence-electron chi connectivity index (χ3n) is 5.09. The molecule has 1 N–H and O–H groups in total. The fraction of sp³-hybridized carbons (Fsp3) is 0.227. The molecule has 0 amide bonds. The zero-order valence-electron chi connectivity index (χ0n) is 16.2. The Hall–Kier alpha value is -2.35. The van der Waals surface area contributed by atoms with Crippen molar-refractivity contribution in [1.29, 1.82) is 0 Å². The summed E-state index contributed by atoms with van der Waals surface area (Å²) in [5.41, 5.74) is 4.49. The summed E-state index contributed by atoms with van der Waals surface area (Å²) in [7, 11) is -4.29. The molecule has 0 saturated carbocycles. The lowest BCUT2D eigenvalue weighted by atomic mass is 10.0. The Kier molecular flexibility index (Phi) is 5.38. The molecule has 1 aliphatic heterocycles. The number of pyridine rings is 1. The van der Waals surface area contributed by atoms with Crippen molar-refractivity contribution in [3.63, 3.8) is 0 Å². The van der Waals surface area contributed by atoms with Gasteiger partial charge in [0.05, 0.1) is 17.1 Å². The second-order valence-electron chi connectivity index (χ2n) is 6.86. The highest BCUT2D eigenvalue weighted by Gasteiger charge is 2.35. The van der Waals surface area contributed by atoms with E-state index in [4.69, 9.17) is 0 Å². The predicted octanol–water partition coefficient (Wildman–Crippen LogP) is 5.54. The lowest BCUT2D eigenvalue weighted by molar-refractivity contribution is 0.464. The minimum absolute atomic E-state index is 0.255. The van der Waals surface area contributed by atoms with Crippen LogP contribution in [0.5, 0.6) is 0 Å². The van der Waals surface area contributed by atoms with Crippen LogP contribution in [0.15, 0.2) is 70.6 Å². The zero-order chi connectivity index (χ0) is 20.6. The summed E-state index contributed by atoms with van der Waals surface area (Å²) in [6, 6.07) is 17.6. The summed E-state index contributed by atoms with van der Waals surface area (Å²) in [6.45, 7) is 3.85. The Labute approximate surface area is 175 Å². The van der Waals surface area contributed by atoms with Crippen LogP contribution in [0, 0.1) is 0 Å². The van der Waals surface area contributed by atoms with Gasteiger partial charge < -0.3 is 4.90 Å². The first-order valence-electron chi connectivity index (χ1n) is 9.54. The van der Waals surface area contributed by atoms with Gasteiger partial charge in [-0.25, -0.2) is 0 Å². The quantitative estimate of drug-likeness (QED) is 0.540. The Balaban J connectivity index is 1.93. The molecular formula is C22H22N2O3S2. The van der Waals surface area contributed by atoms with E-state index in [1.54, 1.807) is 29.8 Å². The molecule has 2 aromatic carbocycles. The summed E-state index contributed by atoms with van der Waals surface area (Å²) in [5, 5.41) is -1.06. The first kappa shape index (κ1) is 19.9. The van der Waals surface area contributed by atoms with E-state index in [-0.39, 0.29) is 6.42 Å². The molecule has 0 bridgehead atoms. The van der Waals surface area contributed by atoms with Crippen LogP contribution in [0.4, 0.5) is 11.4 Å². The van der Waals surface area contributed by atoms with Gasteiger partial charge in [-0.1, -0.05) is 49.9 Å². The smallest absolute Gasteiger partial charge is 0.286 e. The van der Waals surface area contributed by atoms with Crippen molar-refractivity contribution in [1.82, 2.24) is 4.98 Å². The minimum Gasteiger partial charge on any atom is -0.320 e. The molecule has 0 radical (unpaired) electrons. The van der Waals surface area contributed by atoms with E-state index in [2.05, 4.69) is 18.0 Å². The lowest BCUT2D eigenvalue weighted by Crippen LogP contribution is -2.38. The molecule has 3 aromatic rings. The molecule has 0 fully saturated rings. The van der Waals surface area contributed by atoms with Crippen LogP contribution in [-0.4, -0.2) is 23.3 Å². The van der Waals surface area contributed by atoms with Gasteiger partial charge in [-0.05, 0) is 48.7 Å². The van der Waals surface area contributed by atoms with E-state index in [1.807, 2.05) is 48.5 Å². The van der Waals surface area contributed by atoms with Crippen LogP contribution in [-0.2, 0) is 16.5 Å². The van der Waals surface area contributed by atoms with E-state index in [0.29, 0.717) is 0 Å². The summed E-state index contributed by atoms with van der Waals surface area (Å²) in [5.74, 6) is 0. The Morgan fingerprint density at radius 2 is 1.79 bits per heavy atom. The first-order chi connectivity index (χ1) is 13.9. The molecule has 29 heavy (non-hydrogen) atoms. The number of aromatic nitrogens is 1. The van der Waals surface area contributed by atoms with Gasteiger partial charge in [-0.3, -0.25) is 9.54 Å². The van der Waals surface area contributed by atoms with Gasteiger partial charge in [0, 0.05) is 21.6 Å². The monoisotopic (exact) mass is 426 g/mol. The largest absolute Gasteiger partial charge is 0.320 e. The van der Waals surface area contributed by atoms with Gasteiger partial charge in [0.1, 0.15) is 0 Å². The number of para-hydroxylation sites is 1. The van der Waals surface area contributed by atoms with Crippen LogP contribution in [0.2, 0.25) is 0 Å². The number of hydrogen-bond acceptors (Lipinski definition) is 5. The van der Waals surface area contributed by atoms with E-state index < -0.39 is 15.5 Å². The van der Waals surface area contributed by atoms with Gasteiger partial charge >= 0.3 is 0 Å². The maximum absolute atomic E-state index is 12.2. The molecule has 1 aromatic heterocycles. The molecule has 7 heteroatoms. The highest BCUT2D eigenvalue weighted by Crippen LogP contribution is 2.50. The number of fused-ring (bicyclic) bond motifs is 2. The first-order valence-corrected chi connectivity index (χ1v) is 11.9. The molecule has 0 saturated heterocycles. The average Bonchev–Trinajstić information content (AvgIpc) is 2.72. The molecule has 0 aliphatic carbocycles. The summed E-state index contributed by atoms with van der Waals surface area (Å²) in [4.78, 5) is 8.21. The fourth-order valence-corrected chi connectivity index (χ4v) is 5.72. The van der Waals surface area contributed by atoms with Crippen LogP contribution in [0.25, 0.3) is 11.3 Å². The van der Waals surface area contributed by atoms with Crippen LogP contribution in [0.3, 0.4) is 0 Å². The van der Waals surface area contributed by atoms with Gasteiger partial charge in [-0.2, -0.15) is 8.42 Å². The summed E-state index contributed by atoms with van der Waals surface area (Å²) < 4.78 is 34.4. The predicted molar refractivity (Wildman–Crippen MR) is 117 cm³/mol. The summed E-state index contributed by atoms with van der Waals surface area (Å²) in [6.07, 6.45) is 2.87. The SMILES string of the molecule is CCc1cccnc1-c1ccc2c(c1)N(C(CC)S(=O)(=O)O)c1ccccc1S2. The molecule has 150 valence electrons. The van der Waals surface area contributed by atoms with Crippen molar-refractivity contribution in [2.24, 2.45) is 0 Å². The van der Waals surface area contributed by atoms with Crippen molar-refractivity contribution < 1.29 is 13.0 Å². The number of benzene rings is 2. The topological polar surface area (TPSA) is 70.5 Å². The van der Waals surface area contributed by atoms with Crippen molar-refractivity contribution in [2.45, 2.75) is 41.9 Å². The molecule has 4 rings (SSSR count). The van der Waals surface area contributed by atoms with E-state index in [0.717, 1.165) is 44.4 Å². The molecular weight excluding hydrogens is 404 g/mol. The molecule has 2 heterocycles. The van der Waals surface area contributed by atoms with Crippen molar-refractivity contribution >= 4 is 33.3 Å². The van der Waals surface area contributed by atoms with Crippen molar-refractivity contribution in [3.8, 4) is 11.3 Å². The van der Waals surface area contributed by atoms with Crippen LogP contribution < -0.4 is 4.90 Å².